The molecule has 16 heteroatoms. The van der Waals surface area contributed by atoms with Crippen molar-refractivity contribution in [2.45, 2.75) is 0 Å². The lowest BCUT2D eigenvalue weighted by molar-refractivity contribution is 0.398. The van der Waals surface area contributed by atoms with Gasteiger partial charge in [-0.2, -0.15) is 16.8 Å². The summed E-state index contributed by atoms with van der Waals surface area (Å²) >= 11 is -2.86. The van der Waals surface area contributed by atoms with Crippen molar-refractivity contribution >= 4 is 31.6 Å². The molecule has 0 aliphatic heterocycles. The van der Waals surface area contributed by atoms with Crippen LogP contribution in [0.25, 0.3) is 0 Å². The van der Waals surface area contributed by atoms with Gasteiger partial charge >= 0.3 is 0 Å². The van der Waals surface area contributed by atoms with E-state index in [1.54, 1.807) is 0 Å². The van der Waals surface area contributed by atoms with E-state index in [0.29, 0.717) is 0 Å². The molecule has 0 heterocycles. The minimum Gasteiger partial charge on any atom is -0.750 e. The third-order valence-electron chi connectivity index (χ3n) is 0.998. The molecule has 0 saturated carbocycles. The molecule has 1 unspecified atom stereocenters. The Balaban J connectivity index is -0.0000000610. The Morgan fingerprint density at radius 3 is 1.43 bits per heavy atom. The summed E-state index contributed by atoms with van der Waals surface area (Å²) in [6, 6.07) is 0. The van der Waals surface area contributed by atoms with Gasteiger partial charge in [0.15, 0.2) is 0 Å². The predicted molar refractivity (Wildman–Crippen MR) is 76.9 cm³/mol. The molecule has 0 radical (unpaired) electrons. The third-order valence-corrected chi connectivity index (χ3v) is 2.99. The fourth-order valence-corrected chi connectivity index (χ4v) is 1.13. The Labute approximate surface area is 126 Å². The molecule has 0 bridgehead atoms. The first-order valence-corrected chi connectivity index (χ1v) is 8.55. The molecule has 0 rings (SSSR count). The van der Waals surface area contributed by atoms with Crippen molar-refractivity contribution in [2.24, 2.45) is 11.5 Å². The Kier molecular flexibility index (Phi) is 27.6. The van der Waals surface area contributed by atoms with E-state index in [4.69, 9.17) is 29.3 Å². The van der Waals surface area contributed by atoms with Gasteiger partial charge in [-0.15, -0.1) is 0 Å². The normalized spacial score (nSPS) is 11.3. The van der Waals surface area contributed by atoms with Gasteiger partial charge in [0.1, 0.15) is 0 Å². The molecule has 0 saturated heterocycles. The molecular weight excluding hydrogens is 356 g/mol. The van der Waals surface area contributed by atoms with E-state index < -0.39 is 31.6 Å². The largest absolute Gasteiger partial charge is 0.750 e. The van der Waals surface area contributed by atoms with E-state index >= 15 is 0 Å². The van der Waals surface area contributed by atoms with Gasteiger partial charge in [-0.25, -0.2) is 4.21 Å². The van der Waals surface area contributed by atoms with E-state index in [1.165, 1.54) is 0 Å². The first-order valence-electron chi connectivity index (χ1n) is 4.33. The summed E-state index contributed by atoms with van der Waals surface area (Å²) in [6.45, 7) is 0.0784. The number of hydrogen-bond donors (Lipinski definition) is 6. The average molecular weight is 379 g/mol. The van der Waals surface area contributed by atoms with Crippen molar-refractivity contribution in [3.8, 4) is 0 Å². The van der Waals surface area contributed by atoms with Gasteiger partial charge in [0.2, 0.25) is 0 Å². The third kappa shape index (κ3) is 53.9. The molecule has 0 spiro atoms. The van der Waals surface area contributed by atoms with Crippen molar-refractivity contribution in [1.29, 1.82) is 0 Å². The lowest BCUT2D eigenvalue weighted by Crippen LogP contribution is -2.16. The van der Waals surface area contributed by atoms with Crippen LogP contribution in [0.15, 0.2) is 0 Å². The molecule has 0 aromatic heterocycles. The first-order chi connectivity index (χ1) is 8.41. The maximum atomic E-state index is 10.3. The molecule has 0 aliphatic rings. The lowest BCUT2D eigenvalue weighted by atomic mass is 10.8. The van der Waals surface area contributed by atoms with Crippen molar-refractivity contribution in [1.82, 2.24) is 12.3 Å². The maximum Gasteiger partial charge on any atom is 0.268 e. The van der Waals surface area contributed by atoms with Gasteiger partial charge in [-0.3, -0.25) is 8.74 Å². The summed E-state index contributed by atoms with van der Waals surface area (Å²) in [7, 11) is -5.98. The second-order valence-corrected chi connectivity index (χ2v) is 6.37. The molecular formula is C5H23N4O9S3-. The van der Waals surface area contributed by atoms with Crippen LogP contribution in [0, 0.1) is 0 Å². The quantitative estimate of drug-likeness (QED) is 0.163. The molecule has 1 atom stereocenters. The van der Waals surface area contributed by atoms with Crippen molar-refractivity contribution in [3.63, 3.8) is 0 Å². The Morgan fingerprint density at radius 1 is 1.10 bits per heavy atom. The summed E-state index contributed by atoms with van der Waals surface area (Å²) < 4.78 is 76.1. The second kappa shape index (κ2) is 17.8. The minimum atomic E-state index is -3.80. The van der Waals surface area contributed by atoms with Gasteiger partial charge in [-0.1, -0.05) is 0 Å². The maximum absolute atomic E-state index is 10.3. The van der Waals surface area contributed by atoms with Crippen molar-refractivity contribution in [2.75, 3.05) is 31.7 Å². The summed E-state index contributed by atoms with van der Waals surface area (Å²) in [5.74, 6) is -0.462. The predicted octanol–water partition coefficient (Wildman–Crippen LogP) is -2.58. The molecule has 0 aromatic rings. The first kappa shape index (κ1) is 32.6. The molecule has 12 N–H and O–H groups in total. The standard InChI is InChI=1S/C3H9NO3S.C2H7NO3S.2H3N.H2O3S/c1-7-8(5,6)3-2-4;3-1-2-7(4,5)6;;;1-4(2)3/h2-4H2,1H3;1-3H2,(H,4,5,6);2*1H3;(H2,1,2,3)/p-1. The zero-order valence-electron chi connectivity index (χ0n) is 11.4. The van der Waals surface area contributed by atoms with Crippen LogP contribution in [0.2, 0.25) is 0 Å². The molecule has 0 aliphatic carbocycles. The summed E-state index contributed by atoms with van der Waals surface area (Å²) in [6.07, 6.45) is 0. The van der Waals surface area contributed by atoms with Gasteiger partial charge in [0.25, 0.3) is 20.2 Å². The van der Waals surface area contributed by atoms with Gasteiger partial charge in [0.05, 0.1) is 30.0 Å². The topological polar surface area (TPSA) is 280 Å². The Hall–Kier alpha value is -0.270. The Bertz CT molecular complexity index is 419. The summed E-state index contributed by atoms with van der Waals surface area (Å²) in [5, 5.41) is 0. The number of rotatable bonds is 5. The molecule has 0 aromatic carbocycles. The van der Waals surface area contributed by atoms with Crippen LogP contribution in [0.4, 0.5) is 0 Å². The van der Waals surface area contributed by atoms with Crippen LogP contribution in [0.3, 0.4) is 0 Å². The summed E-state index contributed by atoms with van der Waals surface area (Å²) in [5.41, 5.74) is 9.71. The van der Waals surface area contributed by atoms with Crippen LogP contribution < -0.4 is 23.8 Å². The van der Waals surface area contributed by atoms with E-state index in [2.05, 4.69) is 4.18 Å². The molecule has 0 amide bonds. The van der Waals surface area contributed by atoms with E-state index in [9.17, 15) is 16.8 Å². The highest BCUT2D eigenvalue weighted by molar-refractivity contribution is 7.86. The minimum absolute atomic E-state index is 0. The zero-order chi connectivity index (χ0) is 16.1. The highest BCUT2D eigenvalue weighted by atomic mass is 32.2. The van der Waals surface area contributed by atoms with Crippen LogP contribution in [0.5, 0.6) is 0 Å². The van der Waals surface area contributed by atoms with Gasteiger partial charge in [-0.05, 0) is 0 Å². The van der Waals surface area contributed by atoms with Crippen molar-refractivity contribution < 1.29 is 38.9 Å². The zero-order valence-corrected chi connectivity index (χ0v) is 13.8. The van der Waals surface area contributed by atoms with Crippen LogP contribution >= 0.6 is 0 Å². The second-order valence-electron chi connectivity index (χ2n) is 2.51. The molecule has 136 valence electrons. The van der Waals surface area contributed by atoms with Crippen LogP contribution in [-0.4, -0.2) is 66.4 Å². The smallest absolute Gasteiger partial charge is 0.268 e. The van der Waals surface area contributed by atoms with E-state index in [-0.39, 0.29) is 36.9 Å². The van der Waals surface area contributed by atoms with Gasteiger partial charge < -0.3 is 32.9 Å². The highest BCUT2D eigenvalue weighted by Gasteiger charge is 2.03. The Morgan fingerprint density at radius 2 is 1.38 bits per heavy atom. The summed E-state index contributed by atoms with van der Waals surface area (Å²) in [4.78, 5) is 0. The van der Waals surface area contributed by atoms with Crippen molar-refractivity contribution in [3.05, 3.63) is 0 Å². The van der Waals surface area contributed by atoms with E-state index in [1.807, 2.05) is 0 Å². The fraction of sp³-hybridized carbons (Fsp3) is 1.00. The molecule has 13 nitrogen and oxygen atoms in total. The average Bonchev–Trinajstić information content (AvgIpc) is 2.15. The van der Waals surface area contributed by atoms with Crippen LogP contribution in [-0.2, 0) is 35.8 Å². The molecule has 0 fully saturated rings. The van der Waals surface area contributed by atoms with Crippen LogP contribution in [0.1, 0.15) is 0 Å². The van der Waals surface area contributed by atoms with E-state index in [0.717, 1.165) is 7.11 Å². The van der Waals surface area contributed by atoms with Gasteiger partial charge in [0, 0.05) is 13.1 Å². The SMILES string of the molecule is COS(=O)(=O)CCN.N.N.NCCS(=O)(=O)O.O=S([O-])O. The highest BCUT2D eigenvalue weighted by Crippen LogP contribution is 1.85. The number of nitrogens with two attached hydrogens (primary N) is 2. The fourth-order valence-electron chi connectivity index (χ4n) is 0.377. The monoisotopic (exact) mass is 379 g/mol. The number of hydrogen-bond acceptors (Lipinski definition) is 11. The molecule has 21 heavy (non-hydrogen) atoms. The lowest BCUT2D eigenvalue weighted by Gasteiger charge is -1.94.